The first kappa shape index (κ1) is 8.39. The topological polar surface area (TPSA) is 38.3 Å². The van der Waals surface area contributed by atoms with Crippen molar-refractivity contribution in [3.63, 3.8) is 0 Å². The molecule has 0 amide bonds. The number of hydrogen-bond donors (Lipinski definition) is 1. The van der Waals surface area contributed by atoms with Gasteiger partial charge in [0.25, 0.3) is 0 Å². The van der Waals surface area contributed by atoms with Crippen LogP contribution in [0.2, 0.25) is 0 Å². The second-order valence-electron chi connectivity index (χ2n) is 2.37. The molecule has 0 bridgehead atoms. The maximum absolute atomic E-state index is 12.7. The Morgan fingerprint density at radius 1 is 1.64 bits per heavy atom. The molecule has 0 aromatic rings. The minimum atomic E-state index is -1.78. The lowest BCUT2D eigenvalue weighted by molar-refractivity contribution is -0.144. The minimum Gasteiger partial charge on any atom is -0.468 e. The summed E-state index contributed by atoms with van der Waals surface area (Å²) in [4.78, 5) is 10.7. The normalized spacial score (nSPS) is 37.2. The Balaban J connectivity index is 2.54. The molecule has 0 saturated carbocycles. The van der Waals surface area contributed by atoms with Crippen molar-refractivity contribution in [2.75, 3.05) is 13.7 Å². The van der Waals surface area contributed by atoms with Crippen LogP contribution in [0.15, 0.2) is 0 Å². The fourth-order valence-corrected chi connectivity index (χ4v) is 1.01. The Hall–Kier alpha value is -0.710. The van der Waals surface area contributed by atoms with Crippen LogP contribution >= 0.6 is 0 Å². The van der Waals surface area contributed by atoms with Crippen LogP contribution in [0, 0.1) is 0 Å². The van der Waals surface area contributed by atoms with E-state index in [2.05, 4.69) is 10.1 Å². The summed E-state index contributed by atoms with van der Waals surface area (Å²) in [5.74, 6) is -0.752. The molecule has 1 rings (SSSR count). The van der Waals surface area contributed by atoms with E-state index in [-0.39, 0.29) is 6.54 Å². The number of carbonyl (C=O) groups excluding carboxylic acids is 1. The van der Waals surface area contributed by atoms with Gasteiger partial charge in [0.1, 0.15) is 12.2 Å². The van der Waals surface area contributed by atoms with Gasteiger partial charge >= 0.3 is 5.97 Å². The fourth-order valence-electron chi connectivity index (χ4n) is 1.01. The Kier molecular flexibility index (Phi) is 2.38. The second kappa shape index (κ2) is 3.13. The summed E-state index contributed by atoms with van der Waals surface area (Å²) in [6.45, 7) is -0.124. The molecule has 0 unspecified atom stereocenters. The zero-order valence-electron chi connectivity index (χ0n) is 6.01. The summed E-state index contributed by atoms with van der Waals surface area (Å²) in [5, 5.41) is 2.38. The Bertz CT molecular complexity index is 165. The van der Waals surface area contributed by atoms with Crippen molar-refractivity contribution in [2.45, 2.75) is 18.4 Å². The maximum atomic E-state index is 12.7. The van der Waals surface area contributed by atoms with Crippen LogP contribution in [0.1, 0.15) is 0 Å². The summed E-state index contributed by atoms with van der Waals surface area (Å²) >= 11 is 0. The van der Waals surface area contributed by atoms with Gasteiger partial charge in [-0.25, -0.2) is 8.78 Å². The smallest absolute Gasteiger partial charge is 0.326 e. The third kappa shape index (κ3) is 1.48. The molecule has 3 nitrogen and oxygen atoms in total. The molecule has 0 radical (unpaired) electrons. The minimum absolute atomic E-state index is 0.124. The van der Waals surface area contributed by atoms with Gasteiger partial charge < -0.3 is 4.74 Å². The summed E-state index contributed by atoms with van der Waals surface area (Å²) in [7, 11) is 1.14. The van der Waals surface area contributed by atoms with Crippen molar-refractivity contribution in [3.05, 3.63) is 0 Å². The quantitative estimate of drug-likeness (QED) is 0.547. The highest BCUT2D eigenvalue weighted by Gasteiger charge is 2.41. The maximum Gasteiger partial charge on any atom is 0.326 e. The van der Waals surface area contributed by atoms with Crippen molar-refractivity contribution in [1.29, 1.82) is 0 Å². The van der Waals surface area contributed by atoms with Crippen LogP contribution in [0.3, 0.4) is 0 Å². The van der Waals surface area contributed by atoms with Gasteiger partial charge in [-0.15, -0.1) is 0 Å². The molecule has 1 saturated heterocycles. The first-order chi connectivity index (χ1) is 5.16. The van der Waals surface area contributed by atoms with E-state index < -0.39 is 24.4 Å². The number of nitrogens with one attached hydrogen (secondary N) is 1. The van der Waals surface area contributed by atoms with Gasteiger partial charge in [-0.1, -0.05) is 0 Å². The average molecular weight is 165 g/mol. The average Bonchev–Trinajstić information content (AvgIpc) is 2.32. The molecule has 1 aliphatic heterocycles. The van der Waals surface area contributed by atoms with Crippen LogP contribution in [-0.4, -0.2) is 38.0 Å². The largest absolute Gasteiger partial charge is 0.468 e. The summed E-state index contributed by atoms with van der Waals surface area (Å²) in [6.07, 6.45) is -3.37. The number of alkyl halides is 2. The number of carbonyl (C=O) groups is 1. The molecular weight excluding hydrogens is 156 g/mol. The SMILES string of the molecule is COC(=O)[C@H]1NC[C@@H](F)[C@@H]1F. The van der Waals surface area contributed by atoms with E-state index in [9.17, 15) is 13.6 Å². The zero-order valence-corrected chi connectivity index (χ0v) is 6.01. The van der Waals surface area contributed by atoms with Gasteiger partial charge in [0, 0.05) is 6.54 Å². The molecular formula is C6H9F2NO2. The van der Waals surface area contributed by atoms with Crippen LogP contribution in [0.4, 0.5) is 8.78 Å². The van der Waals surface area contributed by atoms with Crippen LogP contribution in [0.25, 0.3) is 0 Å². The third-order valence-electron chi connectivity index (χ3n) is 1.65. The van der Waals surface area contributed by atoms with Crippen molar-refractivity contribution < 1.29 is 18.3 Å². The molecule has 1 fully saturated rings. The molecule has 3 atom stereocenters. The number of hydrogen-bond acceptors (Lipinski definition) is 3. The van der Waals surface area contributed by atoms with Crippen LogP contribution < -0.4 is 5.32 Å². The molecule has 0 aliphatic carbocycles. The lowest BCUT2D eigenvalue weighted by Gasteiger charge is -2.09. The van der Waals surface area contributed by atoms with Crippen molar-refractivity contribution >= 4 is 5.97 Å². The Morgan fingerprint density at radius 2 is 2.27 bits per heavy atom. The summed E-state index contributed by atoms with van der Waals surface area (Å²) in [5.41, 5.74) is 0. The highest BCUT2D eigenvalue weighted by atomic mass is 19.2. The van der Waals surface area contributed by atoms with E-state index in [4.69, 9.17) is 0 Å². The molecule has 1 aliphatic rings. The predicted molar refractivity (Wildman–Crippen MR) is 33.6 cm³/mol. The third-order valence-corrected chi connectivity index (χ3v) is 1.65. The Morgan fingerprint density at radius 3 is 2.64 bits per heavy atom. The van der Waals surface area contributed by atoms with Crippen molar-refractivity contribution in [2.24, 2.45) is 0 Å². The van der Waals surface area contributed by atoms with Gasteiger partial charge in [0.2, 0.25) is 0 Å². The van der Waals surface area contributed by atoms with Crippen LogP contribution in [-0.2, 0) is 9.53 Å². The van der Waals surface area contributed by atoms with E-state index in [1.807, 2.05) is 0 Å². The number of rotatable bonds is 1. The van der Waals surface area contributed by atoms with Gasteiger partial charge in [0.15, 0.2) is 6.17 Å². The standard InChI is InChI=1S/C6H9F2NO2/c1-11-6(10)5-4(8)3(7)2-9-5/h3-5,9H,2H2,1H3/t3-,4+,5+/m1/s1. The lowest BCUT2D eigenvalue weighted by Crippen LogP contribution is -2.38. The highest BCUT2D eigenvalue weighted by Crippen LogP contribution is 2.15. The van der Waals surface area contributed by atoms with Crippen molar-refractivity contribution in [1.82, 2.24) is 5.32 Å². The molecule has 1 heterocycles. The van der Waals surface area contributed by atoms with Gasteiger partial charge in [0.05, 0.1) is 7.11 Å². The van der Waals surface area contributed by atoms with Crippen molar-refractivity contribution in [3.8, 4) is 0 Å². The first-order valence-electron chi connectivity index (χ1n) is 3.26. The Labute approximate surface area is 62.7 Å². The zero-order chi connectivity index (χ0) is 8.43. The van der Waals surface area contributed by atoms with E-state index in [0.29, 0.717) is 0 Å². The van der Waals surface area contributed by atoms with E-state index in [1.165, 1.54) is 0 Å². The fraction of sp³-hybridized carbons (Fsp3) is 0.833. The molecule has 0 aromatic carbocycles. The number of esters is 1. The van der Waals surface area contributed by atoms with Gasteiger partial charge in [-0.2, -0.15) is 0 Å². The van der Waals surface area contributed by atoms with Crippen LogP contribution in [0.5, 0.6) is 0 Å². The monoisotopic (exact) mass is 165 g/mol. The van der Waals surface area contributed by atoms with Gasteiger partial charge in [-0.05, 0) is 0 Å². The second-order valence-corrected chi connectivity index (χ2v) is 2.37. The molecule has 64 valence electrons. The van der Waals surface area contributed by atoms with E-state index in [1.54, 1.807) is 0 Å². The van der Waals surface area contributed by atoms with Gasteiger partial charge in [-0.3, -0.25) is 10.1 Å². The highest BCUT2D eigenvalue weighted by molar-refractivity contribution is 5.77. The molecule has 11 heavy (non-hydrogen) atoms. The number of ether oxygens (including phenoxy) is 1. The number of methoxy groups -OCH3 is 1. The first-order valence-corrected chi connectivity index (χ1v) is 3.26. The van der Waals surface area contributed by atoms with E-state index in [0.717, 1.165) is 7.11 Å². The molecule has 0 spiro atoms. The number of halogens is 2. The van der Waals surface area contributed by atoms with E-state index >= 15 is 0 Å². The molecule has 0 aromatic heterocycles. The predicted octanol–water partition coefficient (Wildman–Crippen LogP) is -0.193. The summed E-state index contributed by atoms with van der Waals surface area (Å²) < 4.78 is 29.3. The molecule has 5 heteroatoms. The molecule has 1 N–H and O–H groups in total. The summed E-state index contributed by atoms with van der Waals surface area (Å²) in [6, 6.07) is -1.13. The lowest BCUT2D eigenvalue weighted by atomic mass is 10.2.